The number of benzene rings is 1. The van der Waals surface area contributed by atoms with E-state index in [2.05, 4.69) is 36.5 Å². The number of nitrogens with one attached hydrogen (secondary N) is 1. The summed E-state index contributed by atoms with van der Waals surface area (Å²) in [4.78, 5) is 0. The highest BCUT2D eigenvalue weighted by molar-refractivity contribution is 5.31. The van der Waals surface area contributed by atoms with Gasteiger partial charge in [0, 0.05) is 6.54 Å². The van der Waals surface area contributed by atoms with Gasteiger partial charge in [0.1, 0.15) is 0 Å². The lowest BCUT2D eigenvalue weighted by Crippen LogP contribution is -2.58. The molecular formula is C11H16N2. The van der Waals surface area contributed by atoms with E-state index < -0.39 is 0 Å². The first-order valence-electron chi connectivity index (χ1n) is 4.79. The average molecular weight is 176 g/mol. The Balaban J connectivity index is 2.33. The Morgan fingerprint density at radius 2 is 2.31 bits per heavy atom. The minimum Gasteiger partial charge on any atom is -0.328 e. The van der Waals surface area contributed by atoms with Crippen molar-refractivity contribution in [1.82, 2.24) is 5.32 Å². The molecule has 0 aromatic heterocycles. The fourth-order valence-corrected chi connectivity index (χ4v) is 1.91. The molecule has 1 aromatic rings. The normalized spacial score (nSPS) is 26.9. The van der Waals surface area contributed by atoms with Crippen LogP contribution in [0.2, 0.25) is 0 Å². The Morgan fingerprint density at radius 1 is 1.54 bits per heavy atom. The second kappa shape index (κ2) is 3.13. The Labute approximate surface area is 79.1 Å². The van der Waals surface area contributed by atoms with E-state index in [0.717, 1.165) is 13.0 Å². The van der Waals surface area contributed by atoms with Crippen molar-refractivity contribution >= 4 is 0 Å². The molecule has 0 radical (unpaired) electrons. The van der Waals surface area contributed by atoms with Crippen molar-refractivity contribution in [2.24, 2.45) is 5.73 Å². The molecule has 1 fully saturated rings. The van der Waals surface area contributed by atoms with Gasteiger partial charge in [-0.25, -0.2) is 0 Å². The van der Waals surface area contributed by atoms with Crippen molar-refractivity contribution in [3.05, 3.63) is 35.4 Å². The summed E-state index contributed by atoms with van der Waals surface area (Å²) in [5, 5.41) is 3.43. The van der Waals surface area contributed by atoms with Crippen LogP contribution in [0.15, 0.2) is 24.3 Å². The Bertz CT molecular complexity index is 297. The maximum atomic E-state index is 5.79. The summed E-state index contributed by atoms with van der Waals surface area (Å²) < 4.78 is 0. The number of nitrogens with two attached hydrogens (primary N) is 1. The molecule has 1 saturated heterocycles. The van der Waals surface area contributed by atoms with E-state index in [4.69, 9.17) is 5.73 Å². The van der Waals surface area contributed by atoms with Crippen LogP contribution >= 0.6 is 0 Å². The third-order valence-corrected chi connectivity index (χ3v) is 2.93. The van der Waals surface area contributed by atoms with Crippen LogP contribution in [0.25, 0.3) is 0 Å². The summed E-state index contributed by atoms with van der Waals surface area (Å²) in [6.45, 7) is 3.90. The van der Waals surface area contributed by atoms with Crippen LogP contribution in [-0.2, 0) is 5.54 Å². The molecule has 3 N–H and O–H groups in total. The minimum absolute atomic E-state index is 0.0754. The van der Waals surface area contributed by atoms with Gasteiger partial charge >= 0.3 is 0 Å². The van der Waals surface area contributed by atoms with E-state index in [9.17, 15) is 0 Å². The molecule has 2 heteroatoms. The van der Waals surface area contributed by atoms with E-state index >= 15 is 0 Å². The summed E-state index contributed by atoms with van der Waals surface area (Å²) in [6, 6.07) is 8.60. The second-order valence-corrected chi connectivity index (χ2v) is 3.83. The van der Waals surface area contributed by atoms with Crippen LogP contribution in [0.3, 0.4) is 0 Å². The van der Waals surface area contributed by atoms with Crippen LogP contribution < -0.4 is 11.1 Å². The Morgan fingerprint density at radius 3 is 2.77 bits per heavy atom. The zero-order chi connectivity index (χ0) is 9.31. The van der Waals surface area contributed by atoms with E-state index in [1.54, 1.807) is 0 Å². The van der Waals surface area contributed by atoms with E-state index in [1.807, 2.05) is 0 Å². The van der Waals surface area contributed by atoms with Crippen molar-refractivity contribution in [3.8, 4) is 0 Å². The molecule has 0 saturated carbocycles. The molecule has 0 aliphatic carbocycles. The zero-order valence-corrected chi connectivity index (χ0v) is 8.01. The van der Waals surface area contributed by atoms with Gasteiger partial charge < -0.3 is 11.1 Å². The predicted molar refractivity (Wildman–Crippen MR) is 54.5 cm³/mol. The average Bonchev–Trinajstić information content (AvgIpc) is 2.03. The van der Waals surface area contributed by atoms with Crippen LogP contribution in [0.1, 0.15) is 17.5 Å². The van der Waals surface area contributed by atoms with Gasteiger partial charge in [-0.3, -0.25) is 0 Å². The van der Waals surface area contributed by atoms with Gasteiger partial charge in [-0.2, -0.15) is 0 Å². The number of rotatable bonds is 2. The fourth-order valence-electron chi connectivity index (χ4n) is 1.91. The molecule has 1 aliphatic heterocycles. The quantitative estimate of drug-likeness (QED) is 0.709. The first kappa shape index (κ1) is 8.73. The minimum atomic E-state index is 0.0754. The molecule has 1 atom stereocenters. The Kier molecular flexibility index (Phi) is 2.10. The molecule has 0 bridgehead atoms. The number of aryl methyl sites for hydroxylation is 1. The lowest BCUT2D eigenvalue weighted by atomic mass is 9.80. The highest BCUT2D eigenvalue weighted by Crippen LogP contribution is 2.30. The highest BCUT2D eigenvalue weighted by Gasteiger charge is 2.36. The van der Waals surface area contributed by atoms with Crippen molar-refractivity contribution in [1.29, 1.82) is 0 Å². The molecular weight excluding hydrogens is 160 g/mol. The monoisotopic (exact) mass is 176 g/mol. The molecule has 0 spiro atoms. The van der Waals surface area contributed by atoms with Gasteiger partial charge in [0.15, 0.2) is 0 Å². The van der Waals surface area contributed by atoms with Gasteiger partial charge in [-0.1, -0.05) is 29.8 Å². The van der Waals surface area contributed by atoms with E-state index in [0.29, 0.717) is 6.54 Å². The molecule has 0 amide bonds. The third kappa shape index (κ3) is 1.36. The first-order valence-corrected chi connectivity index (χ1v) is 4.79. The topological polar surface area (TPSA) is 38.0 Å². The van der Waals surface area contributed by atoms with E-state index in [1.165, 1.54) is 11.1 Å². The van der Waals surface area contributed by atoms with Crippen molar-refractivity contribution in [3.63, 3.8) is 0 Å². The molecule has 1 heterocycles. The lowest BCUT2D eigenvalue weighted by molar-refractivity contribution is 0.219. The van der Waals surface area contributed by atoms with Crippen LogP contribution in [0.5, 0.6) is 0 Å². The summed E-state index contributed by atoms with van der Waals surface area (Å²) >= 11 is 0. The van der Waals surface area contributed by atoms with Crippen LogP contribution in [0, 0.1) is 6.92 Å². The third-order valence-electron chi connectivity index (χ3n) is 2.93. The van der Waals surface area contributed by atoms with Crippen molar-refractivity contribution in [2.45, 2.75) is 18.9 Å². The van der Waals surface area contributed by atoms with Crippen LogP contribution in [0.4, 0.5) is 0 Å². The van der Waals surface area contributed by atoms with Crippen LogP contribution in [-0.4, -0.2) is 13.1 Å². The number of hydrogen-bond donors (Lipinski definition) is 2. The molecule has 70 valence electrons. The zero-order valence-electron chi connectivity index (χ0n) is 8.01. The molecule has 1 unspecified atom stereocenters. The smallest absolute Gasteiger partial charge is 0.0571 e. The lowest BCUT2D eigenvalue weighted by Gasteiger charge is -2.43. The molecule has 1 aliphatic rings. The Hall–Kier alpha value is -0.860. The maximum absolute atomic E-state index is 5.79. The summed E-state index contributed by atoms with van der Waals surface area (Å²) in [5.74, 6) is 0. The van der Waals surface area contributed by atoms with Gasteiger partial charge in [0.25, 0.3) is 0 Å². The second-order valence-electron chi connectivity index (χ2n) is 3.83. The highest BCUT2D eigenvalue weighted by atomic mass is 15.1. The first-order chi connectivity index (χ1) is 6.27. The fraction of sp³-hybridized carbons (Fsp3) is 0.455. The standard InChI is InChI=1S/C11H16N2/c1-9-3-2-4-10(7-9)11(8-12)5-6-13-11/h2-4,7,13H,5-6,8,12H2,1H3. The molecule has 13 heavy (non-hydrogen) atoms. The largest absolute Gasteiger partial charge is 0.328 e. The maximum Gasteiger partial charge on any atom is 0.0571 e. The molecule has 1 aromatic carbocycles. The van der Waals surface area contributed by atoms with Gasteiger partial charge in [-0.05, 0) is 25.5 Å². The van der Waals surface area contributed by atoms with Crippen molar-refractivity contribution < 1.29 is 0 Å². The predicted octanol–water partition coefficient (Wildman–Crippen LogP) is 1.14. The summed E-state index contributed by atoms with van der Waals surface area (Å²) in [7, 11) is 0. The van der Waals surface area contributed by atoms with Gasteiger partial charge in [-0.15, -0.1) is 0 Å². The van der Waals surface area contributed by atoms with Gasteiger partial charge in [0.05, 0.1) is 5.54 Å². The number of hydrogen-bond acceptors (Lipinski definition) is 2. The van der Waals surface area contributed by atoms with Gasteiger partial charge in [0.2, 0.25) is 0 Å². The SMILES string of the molecule is Cc1cccc(C2(CN)CCN2)c1. The van der Waals surface area contributed by atoms with Crippen molar-refractivity contribution in [2.75, 3.05) is 13.1 Å². The van der Waals surface area contributed by atoms with E-state index in [-0.39, 0.29) is 5.54 Å². The summed E-state index contributed by atoms with van der Waals surface area (Å²) in [6.07, 6.45) is 1.16. The molecule has 2 rings (SSSR count). The summed E-state index contributed by atoms with van der Waals surface area (Å²) in [5.41, 5.74) is 8.50. The molecule has 2 nitrogen and oxygen atoms in total.